The van der Waals surface area contributed by atoms with E-state index in [4.69, 9.17) is 0 Å². The van der Waals surface area contributed by atoms with Crippen molar-refractivity contribution in [2.75, 3.05) is 22.9 Å². The molecule has 2 heterocycles. The van der Waals surface area contributed by atoms with Crippen molar-refractivity contribution in [1.29, 1.82) is 0 Å². The number of unbranched alkanes of at least 4 members (excludes halogenated alkanes) is 2. The zero-order valence-electron chi connectivity index (χ0n) is 21.8. The number of hydrogen-bond donors (Lipinski definition) is 0. The first-order valence-electron chi connectivity index (χ1n) is 13.0. The van der Waals surface area contributed by atoms with Gasteiger partial charge in [0.1, 0.15) is 0 Å². The number of anilines is 2. The molecule has 0 spiro atoms. The number of fused-ring (bicyclic) bond motifs is 2. The lowest BCUT2D eigenvalue weighted by Gasteiger charge is -2.28. The molecule has 2 aromatic rings. The highest BCUT2D eigenvalue weighted by Gasteiger charge is 2.42. The number of ketones is 1. The Kier molecular flexibility index (Phi) is 6.75. The first-order chi connectivity index (χ1) is 16.2. The van der Waals surface area contributed by atoms with E-state index in [0.717, 1.165) is 50.2 Å². The van der Waals surface area contributed by atoms with Crippen LogP contribution in [0.5, 0.6) is 0 Å². The van der Waals surface area contributed by atoms with Crippen LogP contribution < -0.4 is 9.80 Å². The van der Waals surface area contributed by atoms with Gasteiger partial charge in [-0.05, 0) is 36.1 Å². The standard InChI is InChI=1S/C31H40N2O/c1-7-9-19-32-26-17-13-11-15-24(26)30(3,4)28(32)21-23(34)22-29-31(5,6)25-16-12-14-18-27(25)33(29)20-10-8-2/h11-18,21-22H,7-10,19-20H2,1-6H3. The van der Waals surface area contributed by atoms with Crippen LogP contribution in [0.15, 0.2) is 72.1 Å². The van der Waals surface area contributed by atoms with Crippen LogP contribution in [0.25, 0.3) is 0 Å². The van der Waals surface area contributed by atoms with Gasteiger partial charge >= 0.3 is 0 Å². The van der Waals surface area contributed by atoms with Gasteiger partial charge in [-0.25, -0.2) is 0 Å². The summed E-state index contributed by atoms with van der Waals surface area (Å²) in [6.07, 6.45) is 8.26. The lowest BCUT2D eigenvalue weighted by Crippen LogP contribution is -2.29. The van der Waals surface area contributed by atoms with Gasteiger partial charge in [0.25, 0.3) is 0 Å². The van der Waals surface area contributed by atoms with Crippen LogP contribution in [0.2, 0.25) is 0 Å². The number of carbonyl (C=O) groups is 1. The van der Waals surface area contributed by atoms with Crippen LogP contribution >= 0.6 is 0 Å². The molecule has 0 unspecified atom stereocenters. The molecule has 0 amide bonds. The second-order valence-electron chi connectivity index (χ2n) is 10.8. The smallest absolute Gasteiger partial charge is 0.182 e. The molecule has 0 fully saturated rings. The van der Waals surface area contributed by atoms with Gasteiger partial charge in [-0.1, -0.05) is 90.8 Å². The lowest BCUT2D eigenvalue weighted by molar-refractivity contribution is -0.110. The molecule has 0 saturated carbocycles. The summed E-state index contributed by atoms with van der Waals surface area (Å²) >= 11 is 0. The molecule has 2 aromatic carbocycles. The van der Waals surface area contributed by atoms with Gasteiger partial charge < -0.3 is 9.80 Å². The highest BCUT2D eigenvalue weighted by molar-refractivity contribution is 6.02. The Morgan fingerprint density at radius 1 is 0.706 bits per heavy atom. The first-order valence-corrected chi connectivity index (χ1v) is 13.0. The molecule has 0 radical (unpaired) electrons. The van der Waals surface area contributed by atoms with E-state index < -0.39 is 0 Å². The second-order valence-corrected chi connectivity index (χ2v) is 10.8. The summed E-state index contributed by atoms with van der Waals surface area (Å²) in [4.78, 5) is 18.4. The average Bonchev–Trinajstić information content (AvgIpc) is 3.16. The lowest BCUT2D eigenvalue weighted by atomic mass is 9.82. The molecule has 0 bridgehead atoms. The zero-order chi connectivity index (χ0) is 24.5. The van der Waals surface area contributed by atoms with Gasteiger partial charge in [-0.15, -0.1) is 0 Å². The molecule has 0 N–H and O–H groups in total. The van der Waals surface area contributed by atoms with Crippen molar-refractivity contribution in [3.8, 4) is 0 Å². The second kappa shape index (κ2) is 9.44. The van der Waals surface area contributed by atoms with E-state index in [9.17, 15) is 4.79 Å². The summed E-state index contributed by atoms with van der Waals surface area (Å²) in [6, 6.07) is 17.2. The summed E-state index contributed by atoms with van der Waals surface area (Å²) in [5.74, 6) is 0.0785. The number of allylic oxidation sites excluding steroid dienone is 4. The first kappa shape index (κ1) is 24.3. The highest BCUT2D eigenvalue weighted by atomic mass is 16.1. The zero-order valence-corrected chi connectivity index (χ0v) is 21.8. The number of carbonyl (C=O) groups excluding carboxylic acids is 1. The Balaban J connectivity index is 1.74. The van der Waals surface area contributed by atoms with E-state index in [1.807, 2.05) is 12.2 Å². The van der Waals surface area contributed by atoms with Crippen LogP contribution in [0, 0.1) is 0 Å². The number of para-hydroxylation sites is 2. The minimum atomic E-state index is -0.200. The SMILES string of the molecule is CCCCN1C(=CC(=O)C=C2N(CCCC)c3ccccc3C2(C)C)C(C)(C)c2ccccc21. The van der Waals surface area contributed by atoms with Crippen molar-refractivity contribution < 1.29 is 4.79 Å². The molecule has 180 valence electrons. The summed E-state index contributed by atoms with van der Waals surface area (Å²) in [5.41, 5.74) is 6.90. The van der Waals surface area contributed by atoms with Gasteiger partial charge in [0, 0.05) is 58.8 Å². The van der Waals surface area contributed by atoms with E-state index in [2.05, 4.69) is 99.9 Å². The molecule has 3 heteroatoms. The van der Waals surface area contributed by atoms with E-state index >= 15 is 0 Å². The maximum Gasteiger partial charge on any atom is 0.182 e. The number of rotatable bonds is 8. The van der Waals surface area contributed by atoms with Gasteiger partial charge in [-0.2, -0.15) is 0 Å². The Labute approximate surface area is 206 Å². The van der Waals surface area contributed by atoms with Crippen molar-refractivity contribution in [3.63, 3.8) is 0 Å². The van der Waals surface area contributed by atoms with E-state index in [0.29, 0.717) is 0 Å². The molecule has 3 nitrogen and oxygen atoms in total. The summed E-state index contributed by atoms with van der Waals surface area (Å²) < 4.78 is 0. The molecular formula is C31H40N2O. The van der Waals surface area contributed by atoms with Gasteiger partial charge in [0.05, 0.1) is 0 Å². The van der Waals surface area contributed by atoms with Crippen molar-refractivity contribution in [1.82, 2.24) is 0 Å². The molecule has 2 aliphatic heterocycles. The van der Waals surface area contributed by atoms with Crippen LogP contribution in [-0.4, -0.2) is 18.9 Å². The van der Waals surface area contributed by atoms with Crippen LogP contribution in [0.3, 0.4) is 0 Å². The Hall–Kier alpha value is -2.81. The monoisotopic (exact) mass is 456 g/mol. The molecule has 4 rings (SSSR count). The summed E-state index contributed by atoms with van der Waals surface area (Å²) in [6.45, 7) is 15.3. The summed E-state index contributed by atoms with van der Waals surface area (Å²) in [5, 5.41) is 0. The Bertz CT molecular complexity index is 1030. The van der Waals surface area contributed by atoms with Gasteiger partial charge in [0.2, 0.25) is 0 Å². The summed E-state index contributed by atoms with van der Waals surface area (Å²) in [7, 11) is 0. The fraction of sp³-hybridized carbons (Fsp3) is 0.452. The van der Waals surface area contributed by atoms with E-state index in [1.54, 1.807) is 0 Å². The largest absolute Gasteiger partial charge is 0.344 e. The Morgan fingerprint density at radius 2 is 1.09 bits per heavy atom. The third-order valence-electron chi connectivity index (χ3n) is 7.63. The number of nitrogens with zero attached hydrogens (tertiary/aromatic N) is 2. The van der Waals surface area contributed by atoms with Crippen molar-refractivity contribution >= 4 is 17.2 Å². The van der Waals surface area contributed by atoms with Crippen LogP contribution in [0.1, 0.15) is 78.4 Å². The molecule has 0 aliphatic carbocycles. The minimum absolute atomic E-state index is 0.0785. The predicted molar refractivity (Wildman–Crippen MR) is 145 cm³/mol. The number of hydrogen-bond acceptors (Lipinski definition) is 3. The minimum Gasteiger partial charge on any atom is -0.344 e. The van der Waals surface area contributed by atoms with Crippen LogP contribution in [-0.2, 0) is 15.6 Å². The number of benzene rings is 2. The Morgan fingerprint density at radius 3 is 1.47 bits per heavy atom. The topological polar surface area (TPSA) is 23.6 Å². The fourth-order valence-electron chi connectivity index (χ4n) is 5.63. The maximum atomic E-state index is 13.7. The molecule has 34 heavy (non-hydrogen) atoms. The van der Waals surface area contributed by atoms with E-state index in [-0.39, 0.29) is 16.6 Å². The van der Waals surface area contributed by atoms with E-state index in [1.165, 1.54) is 22.5 Å². The third-order valence-corrected chi connectivity index (χ3v) is 7.63. The van der Waals surface area contributed by atoms with Crippen LogP contribution in [0.4, 0.5) is 11.4 Å². The van der Waals surface area contributed by atoms with Crippen molar-refractivity contribution in [2.24, 2.45) is 0 Å². The quantitative estimate of drug-likeness (QED) is 0.384. The average molecular weight is 457 g/mol. The van der Waals surface area contributed by atoms with Gasteiger partial charge in [0.15, 0.2) is 5.78 Å². The fourth-order valence-corrected chi connectivity index (χ4v) is 5.63. The van der Waals surface area contributed by atoms with Gasteiger partial charge in [-0.3, -0.25) is 4.79 Å². The van der Waals surface area contributed by atoms with Crippen molar-refractivity contribution in [2.45, 2.75) is 78.1 Å². The molecule has 0 atom stereocenters. The molecule has 2 aliphatic rings. The molecule has 0 saturated heterocycles. The maximum absolute atomic E-state index is 13.7. The van der Waals surface area contributed by atoms with Crippen molar-refractivity contribution in [3.05, 3.63) is 83.2 Å². The third kappa shape index (κ3) is 4.10. The highest BCUT2D eigenvalue weighted by Crippen LogP contribution is 2.49. The molecule has 0 aromatic heterocycles. The normalized spacial score (nSPS) is 20.2. The molecular weight excluding hydrogens is 416 g/mol. The predicted octanol–water partition coefficient (Wildman–Crippen LogP) is 7.52.